The van der Waals surface area contributed by atoms with Gasteiger partial charge < -0.3 is 4.90 Å². The van der Waals surface area contributed by atoms with Gasteiger partial charge in [-0.1, -0.05) is 13.3 Å². The quantitative estimate of drug-likeness (QED) is 0.769. The van der Waals surface area contributed by atoms with Crippen molar-refractivity contribution in [3.05, 3.63) is 0 Å². The monoisotopic (exact) mass is 251 g/mol. The van der Waals surface area contributed by atoms with Gasteiger partial charge in [-0.25, -0.2) is 0 Å². The van der Waals surface area contributed by atoms with Crippen molar-refractivity contribution in [3.8, 4) is 6.07 Å². The second kappa shape index (κ2) is 6.19. The molecule has 1 heterocycles. The maximum atomic E-state index is 12.2. The van der Waals surface area contributed by atoms with E-state index in [1.807, 2.05) is 11.8 Å². The van der Waals surface area contributed by atoms with E-state index in [9.17, 15) is 4.79 Å². The van der Waals surface area contributed by atoms with Crippen LogP contribution in [-0.4, -0.2) is 47.4 Å². The van der Waals surface area contributed by atoms with Crippen LogP contribution in [-0.2, 0) is 4.79 Å². The summed E-state index contributed by atoms with van der Waals surface area (Å²) in [6, 6.07) is 2.14. The third-order valence-electron chi connectivity index (χ3n) is 3.57. The van der Waals surface area contributed by atoms with Gasteiger partial charge in [-0.3, -0.25) is 9.69 Å². The van der Waals surface area contributed by atoms with Crippen LogP contribution in [0.4, 0.5) is 0 Å². The van der Waals surface area contributed by atoms with Crippen LogP contribution in [0.25, 0.3) is 0 Å². The van der Waals surface area contributed by atoms with E-state index in [1.165, 1.54) is 0 Å². The topological polar surface area (TPSA) is 47.3 Å². The highest BCUT2D eigenvalue weighted by atomic mass is 16.2. The van der Waals surface area contributed by atoms with Crippen LogP contribution in [0.3, 0.4) is 0 Å². The van der Waals surface area contributed by atoms with E-state index in [-0.39, 0.29) is 11.4 Å². The smallest absolute Gasteiger partial charge is 0.240 e. The van der Waals surface area contributed by atoms with Crippen molar-refractivity contribution in [2.45, 2.75) is 46.1 Å². The lowest BCUT2D eigenvalue weighted by Crippen LogP contribution is -2.55. The molecule has 1 amide bonds. The van der Waals surface area contributed by atoms with Crippen LogP contribution in [0.15, 0.2) is 0 Å². The molecule has 0 N–H and O–H groups in total. The molecule has 1 aliphatic rings. The average molecular weight is 251 g/mol. The van der Waals surface area contributed by atoms with E-state index in [0.29, 0.717) is 6.42 Å². The fourth-order valence-corrected chi connectivity index (χ4v) is 2.35. The van der Waals surface area contributed by atoms with Crippen LogP contribution >= 0.6 is 0 Å². The van der Waals surface area contributed by atoms with Crippen molar-refractivity contribution in [2.75, 3.05) is 26.2 Å². The molecule has 0 radical (unpaired) electrons. The summed E-state index contributed by atoms with van der Waals surface area (Å²) in [5.74, 6) is -0.427. The van der Waals surface area contributed by atoms with E-state index in [1.54, 1.807) is 0 Å². The fourth-order valence-electron chi connectivity index (χ4n) is 2.35. The molecule has 0 aliphatic carbocycles. The molecule has 0 bridgehead atoms. The molecule has 4 heteroatoms. The Labute approximate surface area is 111 Å². The Balaban J connectivity index is 2.53. The van der Waals surface area contributed by atoms with Crippen molar-refractivity contribution in [1.29, 1.82) is 5.26 Å². The zero-order chi connectivity index (χ0) is 13.8. The molecule has 1 atom stereocenters. The lowest BCUT2D eigenvalue weighted by molar-refractivity contribution is -0.136. The van der Waals surface area contributed by atoms with E-state index in [0.717, 1.165) is 32.6 Å². The highest BCUT2D eigenvalue weighted by Crippen LogP contribution is 2.18. The molecule has 0 spiro atoms. The van der Waals surface area contributed by atoms with Gasteiger partial charge in [0.15, 0.2) is 0 Å². The second-order valence-corrected chi connectivity index (χ2v) is 5.95. The average Bonchev–Trinajstić information content (AvgIpc) is 2.34. The SMILES string of the molecule is CCCC(C#N)C(=O)N1CCN(C(C)(C)C)CC1. The van der Waals surface area contributed by atoms with E-state index in [4.69, 9.17) is 5.26 Å². The van der Waals surface area contributed by atoms with Gasteiger partial charge in [0, 0.05) is 31.7 Å². The maximum absolute atomic E-state index is 12.2. The fraction of sp³-hybridized carbons (Fsp3) is 0.857. The van der Waals surface area contributed by atoms with Gasteiger partial charge in [-0.05, 0) is 27.2 Å². The van der Waals surface area contributed by atoms with Crippen molar-refractivity contribution in [3.63, 3.8) is 0 Å². The number of rotatable bonds is 3. The van der Waals surface area contributed by atoms with Crippen LogP contribution in [0.1, 0.15) is 40.5 Å². The molecule has 1 rings (SSSR count). The van der Waals surface area contributed by atoms with E-state index in [2.05, 4.69) is 31.7 Å². The lowest BCUT2D eigenvalue weighted by Gasteiger charge is -2.42. The number of hydrogen-bond donors (Lipinski definition) is 0. The van der Waals surface area contributed by atoms with Crippen molar-refractivity contribution in [2.24, 2.45) is 5.92 Å². The zero-order valence-corrected chi connectivity index (χ0v) is 12.1. The second-order valence-electron chi connectivity index (χ2n) is 5.95. The van der Waals surface area contributed by atoms with Gasteiger partial charge >= 0.3 is 0 Å². The summed E-state index contributed by atoms with van der Waals surface area (Å²) in [4.78, 5) is 16.4. The first kappa shape index (κ1) is 15.0. The first-order chi connectivity index (χ1) is 8.40. The highest BCUT2D eigenvalue weighted by molar-refractivity contribution is 5.81. The number of carbonyl (C=O) groups excluding carboxylic acids is 1. The van der Waals surface area contributed by atoms with Crippen molar-refractivity contribution < 1.29 is 4.79 Å². The van der Waals surface area contributed by atoms with Gasteiger partial charge in [0.2, 0.25) is 5.91 Å². The Kier molecular flexibility index (Phi) is 5.15. The molecule has 1 aliphatic heterocycles. The number of carbonyl (C=O) groups is 1. The molecule has 1 saturated heterocycles. The minimum absolute atomic E-state index is 0.0212. The van der Waals surface area contributed by atoms with Crippen LogP contribution < -0.4 is 0 Å². The normalized spacial score (nSPS) is 19.4. The molecule has 18 heavy (non-hydrogen) atoms. The molecule has 0 saturated carbocycles. The Hall–Kier alpha value is -1.08. The molecular formula is C14H25N3O. The standard InChI is InChI=1S/C14H25N3O/c1-5-6-12(11-15)13(18)16-7-9-17(10-8-16)14(2,3)4/h12H,5-10H2,1-4H3. The molecule has 0 aromatic heterocycles. The number of nitrogens with zero attached hydrogens (tertiary/aromatic N) is 3. The van der Waals surface area contributed by atoms with Gasteiger partial charge in [0.25, 0.3) is 0 Å². The zero-order valence-electron chi connectivity index (χ0n) is 12.1. The van der Waals surface area contributed by atoms with Gasteiger partial charge in [-0.2, -0.15) is 5.26 Å². The van der Waals surface area contributed by atoms with Crippen LogP contribution in [0, 0.1) is 17.2 Å². The summed E-state index contributed by atoms with van der Waals surface area (Å²) in [7, 11) is 0. The molecular weight excluding hydrogens is 226 g/mol. The Morgan fingerprint density at radius 1 is 1.28 bits per heavy atom. The van der Waals surface area contributed by atoms with Gasteiger partial charge in [-0.15, -0.1) is 0 Å². The molecule has 1 fully saturated rings. The van der Waals surface area contributed by atoms with Crippen molar-refractivity contribution >= 4 is 5.91 Å². The number of hydrogen-bond acceptors (Lipinski definition) is 3. The van der Waals surface area contributed by atoms with Crippen LogP contribution in [0.2, 0.25) is 0 Å². The van der Waals surface area contributed by atoms with Gasteiger partial charge in [0.05, 0.1) is 6.07 Å². The predicted octanol–water partition coefficient (Wildman–Crippen LogP) is 1.87. The molecule has 4 nitrogen and oxygen atoms in total. The largest absolute Gasteiger partial charge is 0.339 e. The van der Waals surface area contributed by atoms with Gasteiger partial charge in [0.1, 0.15) is 5.92 Å². The Bertz CT molecular complexity index is 319. The van der Waals surface area contributed by atoms with E-state index < -0.39 is 5.92 Å². The summed E-state index contributed by atoms with van der Waals surface area (Å²) >= 11 is 0. The Morgan fingerprint density at radius 2 is 1.83 bits per heavy atom. The predicted molar refractivity (Wildman–Crippen MR) is 71.9 cm³/mol. The summed E-state index contributed by atoms with van der Waals surface area (Å²) in [6.07, 6.45) is 1.56. The third kappa shape index (κ3) is 3.71. The first-order valence-electron chi connectivity index (χ1n) is 6.83. The minimum Gasteiger partial charge on any atom is -0.339 e. The summed E-state index contributed by atoms with van der Waals surface area (Å²) in [6.45, 7) is 11.9. The van der Waals surface area contributed by atoms with Crippen LogP contribution in [0.5, 0.6) is 0 Å². The summed E-state index contributed by atoms with van der Waals surface area (Å²) in [5, 5.41) is 9.03. The summed E-state index contributed by atoms with van der Waals surface area (Å²) in [5.41, 5.74) is 0.160. The minimum atomic E-state index is -0.448. The maximum Gasteiger partial charge on any atom is 0.240 e. The molecule has 0 aromatic rings. The third-order valence-corrected chi connectivity index (χ3v) is 3.57. The first-order valence-corrected chi connectivity index (χ1v) is 6.83. The number of piperazine rings is 1. The lowest BCUT2D eigenvalue weighted by atomic mass is 10.0. The van der Waals surface area contributed by atoms with Crippen molar-refractivity contribution in [1.82, 2.24) is 9.80 Å². The Morgan fingerprint density at radius 3 is 2.22 bits per heavy atom. The number of amides is 1. The summed E-state index contributed by atoms with van der Waals surface area (Å²) < 4.78 is 0. The molecule has 102 valence electrons. The highest BCUT2D eigenvalue weighted by Gasteiger charge is 2.30. The van der Waals surface area contributed by atoms with E-state index >= 15 is 0 Å². The molecule has 0 aromatic carbocycles. The number of nitriles is 1. The molecule has 1 unspecified atom stereocenters.